The van der Waals surface area contributed by atoms with Crippen molar-refractivity contribution in [2.45, 2.75) is 36.0 Å². The maximum absolute atomic E-state index is 12.9. The fraction of sp³-hybridized carbons (Fsp3) is 0.333. The Labute approximate surface area is 165 Å². The van der Waals surface area contributed by atoms with Gasteiger partial charge in [0, 0.05) is 18.1 Å². The first-order valence-corrected chi connectivity index (χ1v) is 11.9. The van der Waals surface area contributed by atoms with Gasteiger partial charge < -0.3 is 0 Å². The van der Waals surface area contributed by atoms with Gasteiger partial charge in [-0.1, -0.05) is 30.2 Å². The first-order chi connectivity index (χ1) is 12.7. The summed E-state index contributed by atoms with van der Waals surface area (Å²) in [6, 6.07) is 10.4. The summed E-state index contributed by atoms with van der Waals surface area (Å²) in [5.41, 5.74) is 0.853. The van der Waals surface area contributed by atoms with Crippen LogP contribution in [-0.4, -0.2) is 34.2 Å². The molecule has 0 spiro atoms. The Hall–Kier alpha value is -1.61. The molecule has 0 atom stereocenters. The third-order valence-electron chi connectivity index (χ3n) is 4.51. The smallest absolute Gasteiger partial charge is 0.261 e. The van der Waals surface area contributed by atoms with Crippen LogP contribution in [-0.2, 0) is 20.0 Å². The first kappa shape index (κ1) is 20.1. The highest BCUT2D eigenvalue weighted by atomic mass is 35.5. The SMILES string of the molecule is Cc1ccc(S(=O)(=O)N2CCCCC2)cc1NS(=O)(=O)c1cccc(Cl)c1. The van der Waals surface area contributed by atoms with Crippen molar-refractivity contribution in [3.8, 4) is 0 Å². The Balaban J connectivity index is 1.94. The van der Waals surface area contributed by atoms with Crippen molar-refractivity contribution in [1.82, 2.24) is 4.31 Å². The number of nitrogens with zero attached hydrogens (tertiary/aromatic N) is 1. The third kappa shape index (κ3) is 4.45. The predicted octanol–water partition coefficient (Wildman–Crippen LogP) is 3.62. The average Bonchev–Trinajstić information content (AvgIpc) is 2.64. The lowest BCUT2D eigenvalue weighted by molar-refractivity contribution is 0.346. The van der Waals surface area contributed by atoms with Crippen molar-refractivity contribution >= 4 is 37.3 Å². The van der Waals surface area contributed by atoms with Crippen LogP contribution in [0.15, 0.2) is 52.3 Å². The van der Waals surface area contributed by atoms with Gasteiger partial charge in [0.1, 0.15) is 0 Å². The Kier molecular flexibility index (Phi) is 5.81. The number of piperidine rings is 1. The van der Waals surface area contributed by atoms with Crippen molar-refractivity contribution in [1.29, 1.82) is 0 Å². The summed E-state index contributed by atoms with van der Waals surface area (Å²) in [7, 11) is -7.54. The van der Waals surface area contributed by atoms with Crippen LogP contribution >= 0.6 is 11.6 Å². The van der Waals surface area contributed by atoms with Crippen LogP contribution in [0, 0.1) is 6.92 Å². The lowest BCUT2D eigenvalue weighted by Gasteiger charge is -2.26. The largest absolute Gasteiger partial charge is 0.279 e. The van der Waals surface area contributed by atoms with Crippen molar-refractivity contribution < 1.29 is 16.8 Å². The molecule has 0 radical (unpaired) electrons. The molecule has 1 aliphatic rings. The highest BCUT2D eigenvalue weighted by Crippen LogP contribution is 2.27. The van der Waals surface area contributed by atoms with Gasteiger partial charge in [-0.15, -0.1) is 0 Å². The Bertz CT molecular complexity index is 1050. The number of hydrogen-bond donors (Lipinski definition) is 1. The van der Waals surface area contributed by atoms with Crippen LogP contribution in [0.3, 0.4) is 0 Å². The van der Waals surface area contributed by atoms with Crippen molar-refractivity contribution in [3.63, 3.8) is 0 Å². The lowest BCUT2D eigenvalue weighted by Crippen LogP contribution is -2.35. The van der Waals surface area contributed by atoms with E-state index in [2.05, 4.69) is 4.72 Å². The van der Waals surface area contributed by atoms with E-state index in [1.807, 2.05) is 0 Å². The van der Waals surface area contributed by atoms with Gasteiger partial charge in [0.25, 0.3) is 10.0 Å². The molecule has 0 unspecified atom stereocenters. The molecule has 1 aliphatic heterocycles. The van der Waals surface area contributed by atoms with Crippen LogP contribution in [0.1, 0.15) is 24.8 Å². The van der Waals surface area contributed by atoms with Crippen molar-refractivity contribution in [2.24, 2.45) is 0 Å². The molecular weight excluding hydrogens is 408 g/mol. The minimum atomic E-state index is -3.89. The summed E-state index contributed by atoms with van der Waals surface area (Å²) in [6.45, 7) is 2.69. The van der Waals surface area contributed by atoms with Crippen LogP contribution in [0.4, 0.5) is 5.69 Å². The topological polar surface area (TPSA) is 83.6 Å². The number of aryl methyl sites for hydroxylation is 1. The summed E-state index contributed by atoms with van der Waals surface area (Å²) in [5.74, 6) is 0. The van der Waals surface area contributed by atoms with Gasteiger partial charge in [-0.2, -0.15) is 4.31 Å². The molecule has 0 amide bonds. The van der Waals surface area contributed by atoms with Crippen molar-refractivity contribution in [3.05, 3.63) is 53.1 Å². The number of nitrogens with one attached hydrogen (secondary N) is 1. The van der Waals surface area contributed by atoms with Gasteiger partial charge >= 0.3 is 0 Å². The molecule has 2 aromatic rings. The second-order valence-electron chi connectivity index (χ2n) is 6.50. The molecule has 1 heterocycles. The van der Waals surface area contributed by atoms with Gasteiger partial charge in [0.05, 0.1) is 15.5 Å². The van der Waals surface area contributed by atoms with E-state index in [4.69, 9.17) is 11.6 Å². The van der Waals surface area contributed by atoms with E-state index in [1.165, 1.54) is 28.6 Å². The molecule has 1 N–H and O–H groups in total. The monoisotopic (exact) mass is 428 g/mol. The molecule has 1 saturated heterocycles. The fourth-order valence-electron chi connectivity index (χ4n) is 2.96. The molecule has 0 saturated carbocycles. The van der Waals surface area contributed by atoms with E-state index < -0.39 is 20.0 Å². The Morgan fingerprint density at radius 3 is 2.30 bits per heavy atom. The third-order valence-corrected chi connectivity index (χ3v) is 8.01. The van der Waals surface area contributed by atoms with E-state index in [-0.39, 0.29) is 15.5 Å². The molecule has 6 nitrogen and oxygen atoms in total. The van der Waals surface area contributed by atoms with Gasteiger partial charge in [-0.25, -0.2) is 16.8 Å². The maximum atomic E-state index is 12.9. The van der Waals surface area contributed by atoms with E-state index in [0.29, 0.717) is 23.7 Å². The minimum Gasteiger partial charge on any atom is -0.279 e. The van der Waals surface area contributed by atoms with E-state index in [1.54, 1.807) is 25.1 Å². The number of anilines is 1. The number of benzene rings is 2. The summed E-state index contributed by atoms with van der Waals surface area (Å²) < 4.78 is 54.9. The van der Waals surface area contributed by atoms with Crippen LogP contribution < -0.4 is 4.72 Å². The second kappa shape index (κ2) is 7.79. The zero-order valence-corrected chi connectivity index (χ0v) is 17.2. The summed E-state index contributed by atoms with van der Waals surface area (Å²) in [6.07, 6.45) is 2.68. The van der Waals surface area contributed by atoms with Gasteiger partial charge in [0.15, 0.2) is 0 Å². The number of rotatable bonds is 5. The van der Waals surface area contributed by atoms with Crippen LogP contribution in [0.25, 0.3) is 0 Å². The van der Waals surface area contributed by atoms with Crippen LogP contribution in [0.2, 0.25) is 5.02 Å². The molecular formula is C18H21ClN2O4S2. The highest BCUT2D eigenvalue weighted by molar-refractivity contribution is 7.92. The molecule has 146 valence electrons. The fourth-order valence-corrected chi connectivity index (χ4v) is 5.93. The zero-order valence-electron chi connectivity index (χ0n) is 14.9. The summed E-state index contributed by atoms with van der Waals surface area (Å²) in [4.78, 5) is 0.0949. The molecule has 27 heavy (non-hydrogen) atoms. The standard InChI is InChI=1S/C18H21ClN2O4S2/c1-14-8-9-17(27(24,25)21-10-3-2-4-11-21)13-18(14)20-26(22,23)16-7-5-6-15(19)12-16/h5-9,12-13,20H,2-4,10-11H2,1H3. The van der Waals surface area contributed by atoms with Crippen molar-refractivity contribution in [2.75, 3.05) is 17.8 Å². The van der Waals surface area contributed by atoms with E-state index in [9.17, 15) is 16.8 Å². The maximum Gasteiger partial charge on any atom is 0.261 e. The number of halogens is 1. The van der Waals surface area contributed by atoms with E-state index in [0.717, 1.165) is 19.3 Å². The number of sulfonamides is 2. The summed E-state index contributed by atoms with van der Waals surface area (Å²) in [5, 5.41) is 0.302. The minimum absolute atomic E-state index is 0.0127. The van der Waals surface area contributed by atoms with Gasteiger partial charge in [0.2, 0.25) is 10.0 Å². The molecule has 1 fully saturated rings. The summed E-state index contributed by atoms with van der Waals surface area (Å²) >= 11 is 5.88. The average molecular weight is 429 g/mol. The normalized spacial score (nSPS) is 16.2. The van der Waals surface area contributed by atoms with Gasteiger partial charge in [-0.3, -0.25) is 4.72 Å². The Morgan fingerprint density at radius 1 is 0.926 bits per heavy atom. The van der Waals surface area contributed by atoms with Crippen LogP contribution in [0.5, 0.6) is 0 Å². The van der Waals surface area contributed by atoms with Gasteiger partial charge in [-0.05, 0) is 55.7 Å². The molecule has 3 rings (SSSR count). The van der Waals surface area contributed by atoms with E-state index >= 15 is 0 Å². The molecule has 0 bridgehead atoms. The molecule has 0 aliphatic carbocycles. The molecule has 2 aromatic carbocycles. The lowest BCUT2D eigenvalue weighted by atomic mass is 10.2. The zero-order chi connectivity index (χ0) is 19.7. The predicted molar refractivity (Wildman–Crippen MR) is 106 cm³/mol. The quantitative estimate of drug-likeness (QED) is 0.788. The first-order valence-electron chi connectivity index (χ1n) is 8.59. The second-order valence-corrected chi connectivity index (χ2v) is 10.6. The Morgan fingerprint density at radius 2 is 1.63 bits per heavy atom. The highest BCUT2D eigenvalue weighted by Gasteiger charge is 2.27. The molecule has 0 aromatic heterocycles. The molecule has 9 heteroatoms. The number of hydrogen-bond acceptors (Lipinski definition) is 4.